The molecule has 0 spiro atoms. The van der Waals surface area contributed by atoms with Crippen LogP contribution in [0, 0.1) is 0 Å². The molecule has 5 nitrogen and oxygen atoms in total. The van der Waals surface area contributed by atoms with Gasteiger partial charge >= 0.3 is 0 Å². The molecular formula is C17H18N4OS. The largest absolute Gasteiger partial charge is 0.296 e. The number of hydrogen-bond donors (Lipinski definition) is 1. The summed E-state index contributed by atoms with van der Waals surface area (Å²) in [5.74, 6) is -0.188. The van der Waals surface area contributed by atoms with Crippen LogP contribution in [0.4, 0.5) is 5.13 Å². The highest BCUT2D eigenvalue weighted by molar-refractivity contribution is 7.14. The highest BCUT2D eigenvalue weighted by Gasteiger charge is 2.13. The van der Waals surface area contributed by atoms with Gasteiger partial charge in [-0.3, -0.25) is 14.8 Å². The van der Waals surface area contributed by atoms with E-state index in [9.17, 15) is 4.79 Å². The van der Waals surface area contributed by atoms with Crippen LogP contribution in [0.25, 0.3) is 11.3 Å². The van der Waals surface area contributed by atoms with Crippen LogP contribution >= 0.6 is 11.3 Å². The molecule has 118 valence electrons. The average Bonchev–Trinajstić information content (AvgIpc) is 3.23. The highest BCUT2D eigenvalue weighted by Crippen LogP contribution is 2.25. The number of benzene rings is 1. The van der Waals surface area contributed by atoms with Gasteiger partial charge in [-0.25, -0.2) is 4.98 Å². The molecule has 23 heavy (non-hydrogen) atoms. The number of hydrogen-bond acceptors (Lipinski definition) is 4. The Kier molecular flexibility index (Phi) is 4.52. The molecule has 1 N–H and O–H groups in total. The van der Waals surface area contributed by atoms with Gasteiger partial charge in [-0.05, 0) is 25.0 Å². The van der Waals surface area contributed by atoms with Crippen LogP contribution in [0.2, 0.25) is 0 Å². The summed E-state index contributed by atoms with van der Waals surface area (Å²) in [6.07, 6.45) is 2.64. The number of carbonyl (C=O) groups is 1. The summed E-state index contributed by atoms with van der Waals surface area (Å²) in [6.45, 7) is 4.74. The van der Waals surface area contributed by atoms with Crippen LogP contribution in [0.5, 0.6) is 0 Å². The van der Waals surface area contributed by atoms with E-state index in [1.165, 1.54) is 16.9 Å². The van der Waals surface area contributed by atoms with Gasteiger partial charge in [0.2, 0.25) is 0 Å². The van der Waals surface area contributed by atoms with Crippen LogP contribution in [-0.2, 0) is 13.0 Å². The minimum absolute atomic E-state index is 0.188. The van der Waals surface area contributed by atoms with Crippen LogP contribution in [0.15, 0.2) is 41.9 Å². The molecule has 1 amide bonds. The quantitative estimate of drug-likeness (QED) is 0.775. The van der Waals surface area contributed by atoms with Crippen LogP contribution in [0.3, 0.4) is 0 Å². The molecule has 1 aromatic carbocycles. The van der Waals surface area contributed by atoms with Crippen molar-refractivity contribution < 1.29 is 4.79 Å². The average molecular weight is 326 g/mol. The van der Waals surface area contributed by atoms with E-state index in [4.69, 9.17) is 0 Å². The van der Waals surface area contributed by atoms with Crippen molar-refractivity contribution in [3.8, 4) is 11.3 Å². The number of nitrogens with one attached hydrogen (secondary N) is 1. The van der Waals surface area contributed by atoms with Crippen molar-refractivity contribution in [1.29, 1.82) is 0 Å². The zero-order valence-electron chi connectivity index (χ0n) is 13.1. The molecule has 2 heterocycles. The van der Waals surface area contributed by atoms with Crippen molar-refractivity contribution in [3.05, 3.63) is 53.2 Å². The van der Waals surface area contributed by atoms with Gasteiger partial charge in [0.05, 0.1) is 5.69 Å². The van der Waals surface area contributed by atoms with Gasteiger partial charge in [0.1, 0.15) is 5.69 Å². The first-order valence-electron chi connectivity index (χ1n) is 7.59. The lowest BCUT2D eigenvalue weighted by Crippen LogP contribution is -2.17. The second-order valence-corrected chi connectivity index (χ2v) is 5.93. The number of nitrogens with zero attached hydrogens (tertiary/aromatic N) is 3. The Labute approximate surface area is 139 Å². The third kappa shape index (κ3) is 3.32. The molecule has 0 radical (unpaired) electrons. The van der Waals surface area contributed by atoms with Gasteiger partial charge in [-0.2, -0.15) is 5.10 Å². The molecule has 0 saturated carbocycles. The zero-order valence-corrected chi connectivity index (χ0v) is 13.9. The van der Waals surface area contributed by atoms with E-state index < -0.39 is 0 Å². The summed E-state index contributed by atoms with van der Waals surface area (Å²) in [4.78, 5) is 16.8. The minimum Gasteiger partial charge on any atom is -0.296 e. The second kappa shape index (κ2) is 6.75. The molecule has 6 heteroatoms. The van der Waals surface area contributed by atoms with E-state index in [0.717, 1.165) is 17.7 Å². The topological polar surface area (TPSA) is 59.8 Å². The van der Waals surface area contributed by atoms with E-state index in [1.807, 2.05) is 12.3 Å². The second-order valence-electron chi connectivity index (χ2n) is 5.07. The number of thiazole rings is 1. The Morgan fingerprint density at radius 2 is 2.00 bits per heavy atom. The number of amides is 1. The predicted octanol–water partition coefficient (Wildman–Crippen LogP) is 3.84. The first-order chi connectivity index (χ1) is 11.2. The van der Waals surface area contributed by atoms with E-state index in [2.05, 4.69) is 46.6 Å². The van der Waals surface area contributed by atoms with Crippen LogP contribution < -0.4 is 5.32 Å². The van der Waals surface area contributed by atoms with Crippen molar-refractivity contribution in [3.63, 3.8) is 0 Å². The Bertz CT molecular complexity index is 804. The molecular weight excluding hydrogens is 308 g/mol. The maximum Gasteiger partial charge on any atom is 0.275 e. The van der Waals surface area contributed by atoms with Gasteiger partial charge in [-0.15, -0.1) is 11.3 Å². The molecule has 0 bridgehead atoms. The molecule has 3 rings (SSSR count). The van der Waals surface area contributed by atoms with Crippen molar-refractivity contribution in [1.82, 2.24) is 14.8 Å². The third-order valence-electron chi connectivity index (χ3n) is 3.63. The maximum atomic E-state index is 12.3. The molecule has 3 aromatic rings. The summed E-state index contributed by atoms with van der Waals surface area (Å²) in [5.41, 5.74) is 3.76. The third-order valence-corrected chi connectivity index (χ3v) is 4.39. The first kappa shape index (κ1) is 15.4. The van der Waals surface area contributed by atoms with Gasteiger partial charge in [0.25, 0.3) is 5.91 Å². The smallest absolute Gasteiger partial charge is 0.275 e. The van der Waals surface area contributed by atoms with Crippen molar-refractivity contribution >= 4 is 22.4 Å². The Morgan fingerprint density at radius 3 is 2.70 bits per heavy atom. The lowest BCUT2D eigenvalue weighted by Gasteiger charge is -2.04. The summed E-state index contributed by atoms with van der Waals surface area (Å²) in [6, 6.07) is 10.0. The van der Waals surface area contributed by atoms with Gasteiger partial charge in [-0.1, -0.05) is 31.2 Å². The number of rotatable bonds is 5. The zero-order chi connectivity index (χ0) is 16.2. The monoisotopic (exact) mass is 326 g/mol. The predicted molar refractivity (Wildman–Crippen MR) is 92.8 cm³/mol. The standard InChI is InChI=1S/C17H18N4OS/c1-3-12-5-7-13(8-6-12)14-11-23-17(19-14)20-16(22)15-9-10-18-21(15)4-2/h5-11H,3-4H2,1-2H3,(H,19,20,22). The van der Waals surface area contributed by atoms with Gasteiger partial charge < -0.3 is 0 Å². The molecule has 2 aromatic heterocycles. The molecule has 0 fully saturated rings. The summed E-state index contributed by atoms with van der Waals surface area (Å²) in [7, 11) is 0. The number of carbonyl (C=O) groups excluding carboxylic acids is 1. The lowest BCUT2D eigenvalue weighted by molar-refractivity contribution is 0.101. The fraction of sp³-hybridized carbons (Fsp3) is 0.235. The fourth-order valence-electron chi connectivity index (χ4n) is 2.31. The number of anilines is 1. The number of aryl methyl sites for hydroxylation is 2. The first-order valence-corrected chi connectivity index (χ1v) is 8.47. The van der Waals surface area contributed by atoms with E-state index in [0.29, 0.717) is 17.4 Å². The summed E-state index contributed by atoms with van der Waals surface area (Å²) < 4.78 is 1.66. The molecule has 0 atom stereocenters. The normalized spacial score (nSPS) is 10.7. The Hall–Kier alpha value is -2.47. The molecule has 0 saturated heterocycles. The Morgan fingerprint density at radius 1 is 1.22 bits per heavy atom. The fourth-order valence-corrected chi connectivity index (χ4v) is 3.03. The van der Waals surface area contributed by atoms with Crippen LogP contribution in [0.1, 0.15) is 29.9 Å². The molecule has 0 aliphatic rings. The minimum atomic E-state index is -0.188. The Balaban J connectivity index is 1.75. The van der Waals surface area contributed by atoms with Crippen molar-refractivity contribution in [2.45, 2.75) is 26.8 Å². The van der Waals surface area contributed by atoms with Crippen molar-refractivity contribution in [2.24, 2.45) is 0 Å². The summed E-state index contributed by atoms with van der Waals surface area (Å²) in [5, 5.41) is 9.49. The SMILES string of the molecule is CCc1ccc(-c2csc(NC(=O)c3ccnn3CC)n2)cc1. The van der Waals surface area contributed by atoms with Crippen molar-refractivity contribution in [2.75, 3.05) is 5.32 Å². The molecule has 0 aliphatic carbocycles. The summed E-state index contributed by atoms with van der Waals surface area (Å²) >= 11 is 1.42. The van der Waals surface area contributed by atoms with Crippen LogP contribution in [-0.4, -0.2) is 20.7 Å². The van der Waals surface area contributed by atoms with Gasteiger partial charge in [0, 0.05) is 23.7 Å². The van der Waals surface area contributed by atoms with E-state index >= 15 is 0 Å². The maximum absolute atomic E-state index is 12.3. The highest BCUT2D eigenvalue weighted by atomic mass is 32.1. The molecule has 0 aliphatic heterocycles. The van der Waals surface area contributed by atoms with E-state index in [1.54, 1.807) is 16.9 Å². The van der Waals surface area contributed by atoms with Gasteiger partial charge in [0.15, 0.2) is 5.13 Å². The molecule has 0 unspecified atom stereocenters. The lowest BCUT2D eigenvalue weighted by atomic mass is 10.1. The number of aromatic nitrogens is 3. The van der Waals surface area contributed by atoms with E-state index in [-0.39, 0.29) is 5.91 Å².